The Morgan fingerprint density at radius 2 is 2.06 bits per heavy atom. The van der Waals surface area contributed by atoms with Crippen molar-refractivity contribution in [1.29, 1.82) is 0 Å². The molecular formula is C12H8F3NOS. The molecule has 18 heavy (non-hydrogen) atoms. The fraction of sp³-hybridized carbons (Fsp3) is 0.167. The fourth-order valence-electron chi connectivity index (χ4n) is 1.47. The molecule has 0 spiro atoms. The molecule has 0 amide bonds. The van der Waals surface area contributed by atoms with E-state index in [9.17, 15) is 18.0 Å². The lowest BCUT2D eigenvalue weighted by Crippen LogP contribution is -2.04. The van der Waals surface area contributed by atoms with Crippen LogP contribution in [0.15, 0.2) is 24.3 Å². The number of thiazole rings is 1. The van der Waals surface area contributed by atoms with Gasteiger partial charge in [-0.1, -0.05) is 12.1 Å². The summed E-state index contributed by atoms with van der Waals surface area (Å²) in [6.07, 6.45) is -3.72. The molecule has 0 unspecified atom stereocenters. The van der Waals surface area contributed by atoms with Gasteiger partial charge in [0.25, 0.3) is 0 Å². The van der Waals surface area contributed by atoms with Crippen molar-refractivity contribution in [2.24, 2.45) is 0 Å². The predicted molar refractivity (Wildman–Crippen MR) is 62.7 cm³/mol. The second kappa shape index (κ2) is 4.53. The van der Waals surface area contributed by atoms with Gasteiger partial charge >= 0.3 is 6.18 Å². The molecule has 6 heteroatoms. The van der Waals surface area contributed by atoms with Gasteiger partial charge in [0.2, 0.25) is 0 Å². The summed E-state index contributed by atoms with van der Waals surface area (Å²) in [6, 6.07) is 4.91. The first-order valence-electron chi connectivity index (χ1n) is 5.02. The highest BCUT2D eigenvalue weighted by atomic mass is 32.1. The highest BCUT2D eigenvalue weighted by molar-refractivity contribution is 7.16. The van der Waals surface area contributed by atoms with Gasteiger partial charge in [0, 0.05) is 5.56 Å². The van der Waals surface area contributed by atoms with Crippen molar-refractivity contribution in [1.82, 2.24) is 4.98 Å². The number of nitrogens with zero attached hydrogens (tertiary/aromatic N) is 1. The third kappa shape index (κ3) is 2.43. The Kier molecular flexibility index (Phi) is 3.21. The number of carbonyl (C=O) groups excluding carboxylic acids is 1. The van der Waals surface area contributed by atoms with E-state index in [0.717, 1.165) is 23.5 Å². The van der Waals surface area contributed by atoms with E-state index in [1.165, 1.54) is 6.07 Å². The second-order valence-electron chi connectivity index (χ2n) is 3.67. The Bertz CT molecular complexity index is 589. The number of aryl methyl sites for hydroxylation is 1. The van der Waals surface area contributed by atoms with Gasteiger partial charge in [0.05, 0.1) is 16.1 Å². The maximum atomic E-state index is 12.6. The number of benzene rings is 1. The van der Waals surface area contributed by atoms with E-state index in [4.69, 9.17) is 0 Å². The van der Waals surface area contributed by atoms with Crippen molar-refractivity contribution in [3.8, 4) is 10.6 Å². The number of halogens is 3. The van der Waals surface area contributed by atoms with Gasteiger partial charge < -0.3 is 0 Å². The monoisotopic (exact) mass is 271 g/mol. The Balaban J connectivity index is 2.47. The largest absolute Gasteiger partial charge is 0.416 e. The summed E-state index contributed by atoms with van der Waals surface area (Å²) >= 11 is 1.09. The van der Waals surface area contributed by atoms with Crippen LogP contribution >= 0.6 is 11.3 Å². The zero-order valence-electron chi connectivity index (χ0n) is 9.28. The molecule has 94 valence electrons. The third-order valence-corrected chi connectivity index (χ3v) is 3.51. The number of aldehydes is 1. The zero-order chi connectivity index (χ0) is 13.3. The molecule has 2 rings (SSSR count). The van der Waals surface area contributed by atoms with E-state index < -0.39 is 11.7 Å². The van der Waals surface area contributed by atoms with E-state index in [2.05, 4.69) is 4.98 Å². The van der Waals surface area contributed by atoms with Crippen molar-refractivity contribution in [3.63, 3.8) is 0 Å². The summed E-state index contributed by atoms with van der Waals surface area (Å²) in [5.41, 5.74) is 0.175. The molecule has 1 heterocycles. The SMILES string of the molecule is Cc1nc(-c2cccc(C(F)(F)F)c2)sc1C=O. The summed E-state index contributed by atoms with van der Waals surface area (Å²) in [5, 5.41) is 0.417. The Labute approximate surface area is 105 Å². The summed E-state index contributed by atoms with van der Waals surface area (Å²) in [5.74, 6) is 0. The van der Waals surface area contributed by atoms with Crippen LogP contribution in [0.4, 0.5) is 13.2 Å². The van der Waals surface area contributed by atoms with Gasteiger partial charge in [-0.25, -0.2) is 4.98 Å². The number of hydrogen-bond donors (Lipinski definition) is 0. The lowest BCUT2D eigenvalue weighted by atomic mass is 10.1. The summed E-state index contributed by atoms with van der Waals surface area (Å²) in [7, 11) is 0. The van der Waals surface area contributed by atoms with Crippen molar-refractivity contribution >= 4 is 17.6 Å². The van der Waals surface area contributed by atoms with Crippen molar-refractivity contribution < 1.29 is 18.0 Å². The van der Waals surface area contributed by atoms with Gasteiger partial charge in [-0.2, -0.15) is 13.2 Å². The van der Waals surface area contributed by atoms with E-state index in [1.807, 2.05) is 0 Å². The molecule has 1 aromatic carbocycles. The maximum Gasteiger partial charge on any atom is 0.416 e. The average Bonchev–Trinajstić information content (AvgIpc) is 2.70. The lowest BCUT2D eigenvalue weighted by Gasteiger charge is -2.07. The number of rotatable bonds is 2. The van der Waals surface area contributed by atoms with Gasteiger partial charge in [-0.05, 0) is 19.1 Å². The Morgan fingerprint density at radius 1 is 1.33 bits per heavy atom. The number of hydrogen-bond acceptors (Lipinski definition) is 3. The topological polar surface area (TPSA) is 30.0 Å². The van der Waals surface area contributed by atoms with Gasteiger partial charge in [-0.3, -0.25) is 4.79 Å². The maximum absolute atomic E-state index is 12.6. The van der Waals surface area contributed by atoms with Crippen molar-refractivity contribution in [2.75, 3.05) is 0 Å². The number of aromatic nitrogens is 1. The number of carbonyl (C=O) groups is 1. The molecule has 0 aliphatic heterocycles. The molecule has 2 nitrogen and oxygen atoms in total. The van der Waals surface area contributed by atoms with Crippen molar-refractivity contribution in [2.45, 2.75) is 13.1 Å². The van der Waals surface area contributed by atoms with E-state index in [0.29, 0.717) is 27.4 Å². The highest BCUT2D eigenvalue weighted by Gasteiger charge is 2.30. The third-order valence-electron chi connectivity index (χ3n) is 2.38. The quantitative estimate of drug-likeness (QED) is 0.774. The molecule has 0 bridgehead atoms. The van der Waals surface area contributed by atoms with E-state index in [1.54, 1.807) is 13.0 Å². The van der Waals surface area contributed by atoms with Crippen LogP contribution in [-0.4, -0.2) is 11.3 Å². The summed E-state index contributed by atoms with van der Waals surface area (Å²) in [6.45, 7) is 1.65. The fourth-order valence-corrected chi connectivity index (χ4v) is 2.35. The van der Waals surface area contributed by atoms with E-state index in [-0.39, 0.29) is 0 Å². The van der Waals surface area contributed by atoms with E-state index >= 15 is 0 Å². The molecule has 0 radical (unpaired) electrons. The molecule has 2 aromatic rings. The second-order valence-corrected chi connectivity index (χ2v) is 4.70. The molecule has 0 fully saturated rings. The molecule has 0 atom stereocenters. The first kappa shape index (κ1) is 12.8. The predicted octanol–water partition coefficient (Wildman–Crippen LogP) is 3.95. The molecular weight excluding hydrogens is 263 g/mol. The van der Waals surface area contributed by atoms with Crippen LogP contribution in [-0.2, 0) is 6.18 Å². The lowest BCUT2D eigenvalue weighted by molar-refractivity contribution is -0.137. The van der Waals surface area contributed by atoms with Crippen LogP contribution in [0.5, 0.6) is 0 Å². The summed E-state index contributed by atoms with van der Waals surface area (Å²) in [4.78, 5) is 15.2. The van der Waals surface area contributed by atoms with Crippen LogP contribution in [0, 0.1) is 6.92 Å². The minimum Gasteiger partial charge on any atom is -0.297 e. The van der Waals surface area contributed by atoms with Gasteiger partial charge in [0.15, 0.2) is 6.29 Å². The van der Waals surface area contributed by atoms with Crippen LogP contribution in [0.1, 0.15) is 20.9 Å². The van der Waals surface area contributed by atoms with Crippen LogP contribution < -0.4 is 0 Å². The summed E-state index contributed by atoms with van der Waals surface area (Å²) < 4.78 is 37.7. The van der Waals surface area contributed by atoms with Crippen molar-refractivity contribution in [3.05, 3.63) is 40.4 Å². The van der Waals surface area contributed by atoms with Crippen LogP contribution in [0.2, 0.25) is 0 Å². The van der Waals surface area contributed by atoms with Crippen LogP contribution in [0.3, 0.4) is 0 Å². The van der Waals surface area contributed by atoms with Gasteiger partial charge in [-0.15, -0.1) is 11.3 Å². The minimum atomic E-state index is -4.38. The standard InChI is InChI=1S/C12H8F3NOS/c1-7-10(6-17)18-11(16-7)8-3-2-4-9(5-8)12(13,14)15/h2-6H,1H3. The first-order valence-corrected chi connectivity index (χ1v) is 5.83. The molecule has 0 saturated heterocycles. The van der Waals surface area contributed by atoms with Crippen LogP contribution in [0.25, 0.3) is 10.6 Å². The average molecular weight is 271 g/mol. The van der Waals surface area contributed by atoms with Gasteiger partial charge in [0.1, 0.15) is 5.01 Å². The Morgan fingerprint density at radius 3 is 2.61 bits per heavy atom. The zero-order valence-corrected chi connectivity index (χ0v) is 10.1. The highest BCUT2D eigenvalue weighted by Crippen LogP contribution is 2.33. The molecule has 0 N–H and O–H groups in total. The number of alkyl halides is 3. The Hall–Kier alpha value is -1.69. The molecule has 0 aliphatic rings. The minimum absolute atomic E-state index is 0.367. The smallest absolute Gasteiger partial charge is 0.297 e. The molecule has 1 aromatic heterocycles. The molecule has 0 aliphatic carbocycles. The normalized spacial score (nSPS) is 11.6. The first-order chi connectivity index (χ1) is 8.41. The molecule has 0 saturated carbocycles.